The lowest BCUT2D eigenvalue weighted by atomic mass is 10.1. The van der Waals surface area contributed by atoms with Gasteiger partial charge in [-0.1, -0.05) is 72.4 Å². The molecule has 0 spiro atoms. The Morgan fingerprint density at radius 1 is 0.593 bits per heavy atom. The first-order chi connectivity index (χ1) is 13.1. The number of fused-ring (bicyclic) bond motifs is 2. The summed E-state index contributed by atoms with van der Waals surface area (Å²) in [6.07, 6.45) is 0. The molecule has 0 amide bonds. The summed E-state index contributed by atoms with van der Waals surface area (Å²) in [7, 11) is 0. The average molecular weight is 374 g/mol. The highest BCUT2D eigenvalue weighted by molar-refractivity contribution is 8.00. The summed E-state index contributed by atoms with van der Waals surface area (Å²) < 4.78 is 0. The Morgan fingerprint density at radius 3 is 1.41 bits per heavy atom. The standard InChI is InChI=1S/C22H14O4S/c23-21(24)17-11-9-13-5-1-3-7-15(13)19(17)27-20-16-8-4-2-6-14(16)10-12-18(20)22(25)26/h1-12H,(H,23,24)(H,25,26). The molecule has 132 valence electrons. The van der Waals surface area contributed by atoms with E-state index < -0.39 is 11.9 Å². The molecule has 5 heteroatoms. The third-order valence-corrected chi connectivity index (χ3v) is 5.71. The Morgan fingerprint density at radius 2 is 1.00 bits per heavy atom. The fourth-order valence-electron chi connectivity index (χ4n) is 3.14. The van der Waals surface area contributed by atoms with E-state index in [1.54, 1.807) is 24.3 Å². The van der Waals surface area contributed by atoms with Crippen molar-refractivity contribution in [2.45, 2.75) is 9.79 Å². The van der Waals surface area contributed by atoms with Crippen molar-refractivity contribution in [3.8, 4) is 0 Å². The first-order valence-electron chi connectivity index (χ1n) is 8.24. The van der Waals surface area contributed by atoms with Crippen LogP contribution < -0.4 is 0 Å². The lowest BCUT2D eigenvalue weighted by molar-refractivity contribution is 0.0683. The van der Waals surface area contributed by atoms with Crippen LogP contribution in [0, 0.1) is 0 Å². The molecule has 0 radical (unpaired) electrons. The summed E-state index contributed by atoms with van der Waals surface area (Å²) >= 11 is 1.19. The molecule has 4 rings (SSSR count). The normalized spacial score (nSPS) is 11.0. The zero-order chi connectivity index (χ0) is 19.0. The van der Waals surface area contributed by atoms with E-state index in [1.807, 2.05) is 48.5 Å². The van der Waals surface area contributed by atoms with E-state index >= 15 is 0 Å². The summed E-state index contributed by atoms with van der Waals surface area (Å²) in [5.74, 6) is -2.08. The molecule has 0 aliphatic rings. The zero-order valence-electron chi connectivity index (χ0n) is 14.0. The average Bonchev–Trinajstić information content (AvgIpc) is 2.68. The third kappa shape index (κ3) is 3.02. The second kappa shape index (κ2) is 6.78. The van der Waals surface area contributed by atoms with Crippen LogP contribution >= 0.6 is 11.8 Å². The van der Waals surface area contributed by atoms with Gasteiger partial charge in [-0.2, -0.15) is 0 Å². The maximum absolute atomic E-state index is 11.8. The van der Waals surface area contributed by atoms with Gasteiger partial charge in [0, 0.05) is 9.79 Å². The maximum Gasteiger partial charge on any atom is 0.336 e. The van der Waals surface area contributed by atoms with Crippen LogP contribution in [0.15, 0.2) is 82.6 Å². The highest BCUT2D eigenvalue weighted by atomic mass is 32.2. The van der Waals surface area contributed by atoms with Gasteiger partial charge in [0.1, 0.15) is 0 Å². The molecule has 0 atom stereocenters. The zero-order valence-corrected chi connectivity index (χ0v) is 14.9. The van der Waals surface area contributed by atoms with Gasteiger partial charge in [-0.05, 0) is 33.7 Å². The van der Waals surface area contributed by atoms with Gasteiger partial charge in [0.25, 0.3) is 0 Å². The van der Waals surface area contributed by atoms with Crippen LogP contribution in [0.3, 0.4) is 0 Å². The molecule has 0 aliphatic carbocycles. The van der Waals surface area contributed by atoms with Gasteiger partial charge < -0.3 is 10.2 Å². The molecular weight excluding hydrogens is 360 g/mol. The summed E-state index contributed by atoms with van der Waals surface area (Å²) in [5, 5.41) is 22.7. The van der Waals surface area contributed by atoms with Crippen molar-refractivity contribution in [3.63, 3.8) is 0 Å². The largest absolute Gasteiger partial charge is 0.478 e. The van der Waals surface area contributed by atoms with Crippen molar-refractivity contribution in [3.05, 3.63) is 83.9 Å². The fourth-order valence-corrected chi connectivity index (χ4v) is 4.47. The lowest BCUT2D eigenvalue weighted by Gasteiger charge is -2.14. The highest BCUT2D eigenvalue weighted by Crippen LogP contribution is 2.41. The van der Waals surface area contributed by atoms with Gasteiger partial charge >= 0.3 is 11.9 Å². The fraction of sp³-hybridized carbons (Fsp3) is 0. The van der Waals surface area contributed by atoms with Gasteiger partial charge in [-0.3, -0.25) is 0 Å². The number of carboxylic acid groups (broad SMARTS) is 2. The van der Waals surface area contributed by atoms with Crippen LogP contribution in [0.1, 0.15) is 20.7 Å². The molecule has 4 aromatic carbocycles. The van der Waals surface area contributed by atoms with Crippen LogP contribution in [0.4, 0.5) is 0 Å². The van der Waals surface area contributed by atoms with Crippen molar-refractivity contribution in [1.29, 1.82) is 0 Å². The predicted octanol–water partition coefficient (Wildman–Crippen LogP) is 5.54. The molecule has 0 bridgehead atoms. The van der Waals surface area contributed by atoms with E-state index in [0.717, 1.165) is 21.5 Å². The van der Waals surface area contributed by atoms with Crippen LogP contribution in [0.2, 0.25) is 0 Å². The number of hydrogen-bond donors (Lipinski definition) is 2. The summed E-state index contributed by atoms with van der Waals surface area (Å²) in [6.45, 7) is 0. The van der Waals surface area contributed by atoms with Crippen molar-refractivity contribution >= 4 is 45.2 Å². The van der Waals surface area contributed by atoms with Crippen molar-refractivity contribution in [2.75, 3.05) is 0 Å². The number of carboxylic acids is 2. The molecule has 4 nitrogen and oxygen atoms in total. The highest BCUT2D eigenvalue weighted by Gasteiger charge is 2.20. The molecule has 0 aromatic heterocycles. The van der Waals surface area contributed by atoms with E-state index in [1.165, 1.54) is 11.8 Å². The Balaban J connectivity index is 2.03. The Kier molecular flexibility index (Phi) is 4.30. The molecule has 2 N–H and O–H groups in total. The van der Waals surface area contributed by atoms with Crippen LogP contribution in [0.5, 0.6) is 0 Å². The van der Waals surface area contributed by atoms with Crippen molar-refractivity contribution < 1.29 is 19.8 Å². The molecule has 0 aliphatic heterocycles. The Bertz CT molecular complexity index is 1120. The van der Waals surface area contributed by atoms with Crippen molar-refractivity contribution in [1.82, 2.24) is 0 Å². The van der Waals surface area contributed by atoms with E-state index in [0.29, 0.717) is 9.79 Å². The van der Waals surface area contributed by atoms with Gasteiger partial charge in [0.15, 0.2) is 0 Å². The SMILES string of the molecule is O=C(O)c1ccc2ccccc2c1Sc1c(C(=O)O)ccc2ccccc12. The molecule has 0 saturated carbocycles. The first kappa shape index (κ1) is 17.1. The molecule has 0 fully saturated rings. The summed E-state index contributed by atoms with van der Waals surface area (Å²) in [6, 6.07) is 21.7. The molecular formula is C22H14O4S. The number of aromatic carboxylic acids is 2. The molecule has 0 saturated heterocycles. The minimum Gasteiger partial charge on any atom is -0.478 e. The first-order valence-corrected chi connectivity index (χ1v) is 9.06. The Hall–Kier alpha value is -3.31. The minimum absolute atomic E-state index is 0.156. The smallest absolute Gasteiger partial charge is 0.336 e. The number of carbonyl (C=O) groups is 2. The maximum atomic E-state index is 11.8. The lowest BCUT2D eigenvalue weighted by Crippen LogP contribution is -2.02. The predicted molar refractivity (Wildman–Crippen MR) is 106 cm³/mol. The molecule has 4 aromatic rings. The number of rotatable bonds is 4. The van der Waals surface area contributed by atoms with E-state index in [-0.39, 0.29) is 11.1 Å². The van der Waals surface area contributed by atoms with Gasteiger partial charge in [0.05, 0.1) is 11.1 Å². The van der Waals surface area contributed by atoms with Crippen LogP contribution in [0.25, 0.3) is 21.5 Å². The second-order valence-electron chi connectivity index (χ2n) is 6.04. The minimum atomic E-state index is -1.04. The third-order valence-electron chi connectivity index (χ3n) is 4.42. The number of hydrogen-bond acceptors (Lipinski definition) is 3. The van der Waals surface area contributed by atoms with Gasteiger partial charge in [-0.15, -0.1) is 0 Å². The summed E-state index contributed by atoms with van der Waals surface area (Å²) in [5.41, 5.74) is 0.311. The molecule has 0 heterocycles. The molecule has 27 heavy (non-hydrogen) atoms. The van der Waals surface area contributed by atoms with E-state index in [2.05, 4.69) is 0 Å². The van der Waals surface area contributed by atoms with Crippen molar-refractivity contribution in [2.24, 2.45) is 0 Å². The topological polar surface area (TPSA) is 74.6 Å². The van der Waals surface area contributed by atoms with Gasteiger partial charge in [-0.25, -0.2) is 9.59 Å². The summed E-state index contributed by atoms with van der Waals surface area (Å²) in [4.78, 5) is 24.7. The number of benzene rings is 4. The van der Waals surface area contributed by atoms with Crippen LogP contribution in [-0.4, -0.2) is 22.2 Å². The van der Waals surface area contributed by atoms with E-state index in [9.17, 15) is 19.8 Å². The van der Waals surface area contributed by atoms with E-state index in [4.69, 9.17) is 0 Å². The second-order valence-corrected chi connectivity index (χ2v) is 7.06. The Labute approximate surface area is 159 Å². The van der Waals surface area contributed by atoms with Crippen LogP contribution in [-0.2, 0) is 0 Å². The van der Waals surface area contributed by atoms with Gasteiger partial charge in [0.2, 0.25) is 0 Å². The molecule has 0 unspecified atom stereocenters. The monoisotopic (exact) mass is 374 g/mol. The quantitative estimate of drug-likeness (QED) is 0.490.